The molecule has 0 unspecified atom stereocenters. The summed E-state index contributed by atoms with van der Waals surface area (Å²) >= 11 is 0. The minimum Gasteiger partial charge on any atom is -0.504 e. The highest BCUT2D eigenvalue weighted by molar-refractivity contribution is 6.74. The van der Waals surface area contributed by atoms with Gasteiger partial charge in [-0.1, -0.05) is 20.8 Å². The number of hydrogen-bond acceptors (Lipinski definition) is 3. The van der Waals surface area contributed by atoms with Gasteiger partial charge in [-0.2, -0.15) is 4.98 Å². The van der Waals surface area contributed by atoms with E-state index in [1.807, 2.05) is 0 Å². The highest BCUT2D eigenvalue weighted by Crippen LogP contribution is 2.36. The van der Waals surface area contributed by atoms with E-state index in [9.17, 15) is 0 Å². The lowest BCUT2D eigenvalue weighted by Crippen LogP contribution is -2.43. The molecule has 1 aromatic heterocycles. The largest absolute Gasteiger partial charge is 0.504 e. The van der Waals surface area contributed by atoms with Crippen LogP contribution in [0, 0.1) is 0 Å². The Morgan fingerprint density at radius 3 is 2.38 bits per heavy atom. The Labute approximate surface area is 80.3 Å². The molecule has 74 valence electrons. The van der Waals surface area contributed by atoms with E-state index in [1.54, 1.807) is 6.20 Å². The van der Waals surface area contributed by atoms with Crippen molar-refractivity contribution in [3.05, 3.63) is 12.5 Å². The maximum atomic E-state index is 5.77. The Kier molecular flexibility index (Phi) is 2.52. The van der Waals surface area contributed by atoms with Crippen LogP contribution in [0.15, 0.2) is 16.9 Å². The molecule has 0 aromatic carbocycles. The molecule has 0 N–H and O–H groups in total. The normalized spacial score (nSPS) is 13.0. The fourth-order valence-electron chi connectivity index (χ4n) is 0.632. The van der Waals surface area contributed by atoms with Gasteiger partial charge in [0.25, 0.3) is 8.32 Å². The molecule has 0 aliphatic rings. The SMILES string of the molecule is CC(C)(C)[Si](C)(C)Oc1ncco1. The number of aromatic nitrogens is 1. The molecule has 3 nitrogen and oxygen atoms in total. The molecule has 1 heterocycles. The lowest BCUT2D eigenvalue weighted by atomic mass is 10.2. The fourth-order valence-corrected chi connectivity index (χ4v) is 1.48. The van der Waals surface area contributed by atoms with Crippen LogP contribution in [0.5, 0.6) is 6.08 Å². The zero-order valence-electron chi connectivity index (χ0n) is 8.92. The predicted octanol–water partition coefficient (Wildman–Crippen LogP) is 3.06. The minimum absolute atomic E-state index is 0.182. The van der Waals surface area contributed by atoms with E-state index in [-0.39, 0.29) is 5.04 Å². The monoisotopic (exact) mass is 199 g/mol. The van der Waals surface area contributed by atoms with E-state index in [4.69, 9.17) is 8.84 Å². The van der Waals surface area contributed by atoms with Gasteiger partial charge in [-0.05, 0) is 18.1 Å². The van der Waals surface area contributed by atoms with Gasteiger partial charge in [0.15, 0.2) is 0 Å². The Balaban J connectivity index is 2.73. The number of rotatable bonds is 2. The maximum absolute atomic E-state index is 5.77. The van der Waals surface area contributed by atoms with Crippen molar-refractivity contribution in [2.45, 2.75) is 38.9 Å². The van der Waals surface area contributed by atoms with Crippen LogP contribution in [0.4, 0.5) is 0 Å². The molecule has 0 fully saturated rings. The second kappa shape index (κ2) is 3.18. The van der Waals surface area contributed by atoms with Crippen molar-refractivity contribution in [2.75, 3.05) is 0 Å². The van der Waals surface area contributed by atoms with Crippen LogP contribution >= 0.6 is 0 Å². The van der Waals surface area contributed by atoms with E-state index < -0.39 is 8.32 Å². The summed E-state index contributed by atoms with van der Waals surface area (Å²) in [6.45, 7) is 10.9. The van der Waals surface area contributed by atoms with Crippen molar-refractivity contribution in [1.29, 1.82) is 0 Å². The first-order valence-electron chi connectivity index (χ1n) is 4.41. The lowest BCUT2D eigenvalue weighted by Gasteiger charge is -2.34. The van der Waals surface area contributed by atoms with Crippen molar-refractivity contribution in [1.82, 2.24) is 4.98 Å². The van der Waals surface area contributed by atoms with Crippen LogP contribution in [0.2, 0.25) is 18.1 Å². The van der Waals surface area contributed by atoms with E-state index >= 15 is 0 Å². The number of oxazole rings is 1. The molecule has 13 heavy (non-hydrogen) atoms. The Hall–Kier alpha value is -0.773. The van der Waals surface area contributed by atoms with Crippen LogP contribution in [-0.4, -0.2) is 13.3 Å². The Morgan fingerprint density at radius 2 is 2.00 bits per heavy atom. The van der Waals surface area contributed by atoms with Gasteiger partial charge in [-0.15, -0.1) is 0 Å². The predicted molar refractivity (Wildman–Crippen MR) is 54.3 cm³/mol. The van der Waals surface area contributed by atoms with Crippen molar-refractivity contribution in [3.63, 3.8) is 0 Å². The van der Waals surface area contributed by atoms with Gasteiger partial charge in [0, 0.05) is 0 Å². The van der Waals surface area contributed by atoms with Crippen molar-refractivity contribution < 1.29 is 8.84 Å². The highest BCUT2D eigenvalue weighted by atomic mass is 28.4. The van der Waals surface area contributed by atoms with Crippen LogP contribution < -0.4 is 4.43 Å². The molecular weight excluding hydrogens is 182 g/mol. The third kappa shape index (κ3) is 2.34. The van der Waals surface area contributed by atoms with E-state index in [0.29, 0.717) is 6.08 Å². The first-order valence-corrected chi connectivity index (χ1v) is 7.32. The molecule has 0 saturated heterocycles. The molecule has 1 aromatic rings. The molecule has 1 rings (SSSR count). The van der Waals surface area contributed by atoms with Gasteiger partial charge >= 0.3 is 6.08 Å². The van der Waals surface area contributed by atoms with Gasteiger partial charge in [0.05, 0.1) is 6.20 Å². The van der Waals surface area contributed by atoms with Crippen molar-refractivity contribution >= 4 is 8.32 Å². The summed E-state index contributed by atoms with van der Waals surface area (Å²) < 4.78 is 10.8. The maximum Gasteiger partial charge on any atom is 0.379 e. The van der Waals surface area contributed by atoms with Gasteiger partial charge in [-0.3, -0.25) is 0 Å². The third-order valence-electron chi connectivity index (χ3n) is 2.56. The van der Waals surface area contributed by atoms with Crippen LogP contribution in [0.25, 0.3) is 0 Å². The zero-order chi connectivity index (χ0) is 10.1. The standard InChI is InChI=1S/C9H17NO2Si/c1-9(2,3)13(4,5)12-8-10-6-7-11-8/h6-7H,1-5H3. The van der Waals surface area contributed by atoms with Gasteiger partial charge in [0.1, 0.15) is 6.26 Å². The summed E-state index contributed by atoms with van der Waals surface area (Å²) in [5.41, 5.74) is 0. The summed E-state index contributed by atoms with van der Waals surface area (Å²) in [6, 6.07) is 0. The summed E-state index contributed by atoms with van der Waals surface area (Å²) in [4.78, 5) is 3.96. The smallest absolute Gasteiger partial charge is 0.379 e. The fraction of sp³-hybridized carbons (Fsp3) is 0.667. The molecule has 0 atom stereocenters. The molecular formula is C9H17NO2Si. The average Bonchev–Trinajstić information content (AvgIpc) is 2.35. The molecule has 0 saturated carbocycles. The molecule has 4 heteroatoms. The number of hydrogen-bond donors (Lipinski definition) is 0. The summed E-state index contributed by atoms with van der Waals surface area (Å²) in [5, 5.41) is 0.182. The van der Waals surface area contributed by atoms with Crippen LogP contribution in [0.3, 0.4) is 0 Å². The lowest BCUT2D eigenvalue weighted by molar-refractivity contribution is 0.351. The van der Waals surface area contributed by atoms with Crippen LogP contribution in [0.1, 0.15) is 20.8 Å². The molecule has 0 bridgehead atoms. The van der Waals surface area contributed by atoms with E-state index in [2.05, 4.69) is 38.8 Å². The van der Waals surface area contributed by atoms with Gasteiger partial charge in [-0.25, -0.2) is 0 Å². The molecule has 0 spiro atoms. The first kappa shape index (κ1) is 10.3. The Morgan fingerprint density at radius 1 is 1.38 bits per heavy atom. The quantitative estimate of drug-likeness (QED) is 0.687. The summed E-state index contributed by atoms with van der Waals surface area (Å²) in [6.07, 6.45) is 3.52. The van der Waals surface area contributed by atoms with Gasteiger partial charge < -0.3 is 8.84 Å². The average molecular weight is 199 g/mol. The third-order valence-corrected chi connectivity index (χ3v) is 6.86. The topological polar surface area (TPSA) is 35.3 Å². The van der Waals surface area contributed by atoms with Crippen molar-refractivity contribution in [3.8, 4) is 6.08 Å². The second-order valence-electron chi connectivity index (χ2n) is 4.66. The first-order chi connectivity index (χ1) is 5.83. The van der Waals surface area contributed by atoms with E-state index in [1.165, 1.54) is 6.26 Å². The molecule has 0 aliphatic carbocycles. The van der Waals surface area contributed by atoms with Gasteiger partial charge in [0.2, 0.25) is 0 Å². The summed E-state index contributed by atoms with van der Waals surface area (Å²) in [7, 11) is -1.77. The highest BCUT2D eigenvalue weighted by Gasteiger charge is 2.40. The van der Waals surface area contributed by atoms with Crippen LogP contribution in [-0.2, 0) is 0 Å². The Bertz CT molecular complexity index is 262. The molecule has 0 amide bonds. The second-order valence-corrected chi connectivity index (χ2v) is 9.39. The molecule has 0 radical (unpaired) electrons. The summed E-state index contributed by atoms with van der Waals surface area (Å²) in [5.74, 6) is 0. The zero-order valence-corrected chi connectivity index (χ0v) is 9.92. The van der Waals surface area contributed by atoms with E-state index in [0.717, 1.165) is 0 Å². The minimum atomic E-state index is -1.77. The molecule has 0 aliphatic heterocycles. The number of nitrogens with zero attached hydrogens (tertiary/aromatic N) is 1. The van der Waals surface area contributed by atoms with Crippen molar-refractivity contribution in [2.24, 2.45) is 0 Å².